The van der Waals surface area contributed by atoms with E-state index >= 15 is 0 Å². The maximum Gasteiger partial charge on any atom is 0.253 e. The van der Waals surface area contributed by atoms with Crippen LogP contribution in [0.1, 0.15) is 5.56 Å². The molecular formula is C12H14ClNO3. The van der Waals surface area contributed by atoms with E-state index in [2.05, 4.69) is 0 Å². The number of methoxy groups -OCH3 is 1. The van der Waals surface area contributed by atoms with Gasteiger partial charge in [0.25, 0.3) is 5.91 Å². The van der Waals surface area contributed by atoms with Gasteiger partial charge < -0.3 is 14.4 Å². The number of anilines is 1. The zero-order valence-corrected chi connectivity index (χ0v) is 10.6. The van der Waals surface area contributed by atoms with Gasteiger partial charge in [-0.15, -0.1) is 0 Å². The average molecular weight is 256 g/mol. The summed E-state index contributed by atoms with van der Waals surface area (Å²) in [6, 6.07) is 3.60. The third-order valence-corrected chi connectivity index (χ3v) is 3.04. The Hall–Kier alpha value is -1.26. The van der Waals surface area contributed by atoms with Gasteiger partial charge in [0.1, 0.15) is 12.4 Å². The van der Waals surface area contributed by atoms with Crippen LogP contribution in [0.4, 0.5) is 5.69 Å². The summed E-state index contributed by atoms with van der Waals surface area (Å²) in [5, 5.41) is 0.516. The van der Waals surface area contributed by atoms with Gasteiger partial charge in [-0.25, -0.2) is 0 Å². The van der Waals surface area contributed by atoms with Crippen molar-refractivity contribution in [3.05, 3.63) is 22.7 Å². The lowest BCUT2D eigenvalue weighted by Gasteiger charge is -2.28. The van der Waals surface area contributed by atoms with Gasteiger partial charge in [-0.05, 0) is 18.6 Å². The first-order valence-electron chi connectivity index (χ1n) is 5.35. The number of ether oxygens (including phenoxy) is 2. The largest absolute Gasteiger partial charge is 0.496 e. The summed E-state index contributed by atoms with van der Waals surface area (Å²) in [5.74, 6) is 0.655. The van der Waals surface area contributed by atoms with Gasteiger partial charge in [-0.3, -0.25) is 4.79 Å². The number of aryl methyl sites for hydroxylation is 1. The molecule has 5 heteroatoms. The van der Waals surface area contributed by atoms with Crippen LogP contribution in [0.15, 0.2) is 12.1 Å². The number of morpholine rings is 1. The molecule has 1 fully saturated rings. The van der Waals surface area contributed by atoms with Crippen molar-refractivity contribution in [2.24, 2.45) is 0 Å². The number of carbonyl (C=O) groups excluding carboxylic acids is 1. The summed E-state index contributed by atoms with van der Waals surface area (Å²) in [7, 11) is 1.60. The molecule has 1 amide bonds. The number of hydrogen-bond acceptors (Lipinski definition) is 3. The Morgan fingerprint density at radius 1 is 1.47 bits per heavy atom. The van der Waals surface area contributed by atoms with Crippen LogP contribution in [0.25, 0.3) is 0 Å². The molecule has 0 atom stereocenters. The van der Waals surface area contributed by atoms with Crippen LogP contribution in [-0.4, -0.2) is 32.8 Å². The fourth-order valence-electron chi connectivity index (χ4n) is 1.85. The van der Waals surface area contributed by atoms with Gasteiger partial charge in [-0.1, -0.05) is 11.6 Å². The van der Waals surface area contributed by atoms with Crippen LogP contribution in [0, 0.1) is 6.92 Å². The first-order chi connectivity index (χ1) is 8.13. The van der Waals surface area contributed by atoms with Crippen molar-refractivity contribution in [2.75, 3.05) is 31.8 Å². The van der Waals surface area contributed by atoms with Gasteiger partial charge in [0.15, 0.2) is 0 Å². The van der Waals surface area contributed by atoms with E-state index in [4.69, 9.17) is 21.1 Å². The third kappa shape index (κ3) is 2.37. The van der Waals surface area contributed by atoms with Crippen molar-refractivity contribution in [1.82, 2.24) is 0 Å². The Morgan fingerprint density at radius 2 is 2.24 bits per heavy atom. The smallest absolute Gasteiger partial charge is 0.253 e. The Morgan fingerprint density at radius 3 is 2.88 bits per heavy atom. The lowest BCUT2D eigenvalue weighted by atomic mass is 10.1. The highest BCUT2D eigenvalue weighted by molar-refractivity contribution is 6.34. The van der Waals surface area contributed by atoms with Crippen LogP contribution in [0.5, 0.6) is 5.75 Å². The maximum absolute atomic E-state index is 11.7. The predicted octanol–water partition coefficient (Wildman–Crippen LogP) is 2.02. The van der Waals surface area contributed by atoms with Gasteiger partial charge in [0.05, 0.1) is 24.4 Å². The predicted molar refractivity (Wildman–Crippen MR) is 65.9 cm³/mol. The number of amides is 1. The molecule has 1 aliphatic heterocycles. The normalized spacial score (nSPS) is 16.2. The number of benzene rings is 1. The van der Waals surface area contributed by atoms with E-state index in [1.54, 1.807) is 18.1 Å². The van der Waals surface area contributed by atoms with E-state index in [0.717, 1.165) is 17.0 Å². The monoisotopic (exact) mass is 255 g/mol. The topological polar surface area (TPSA) is 38.8 Å². The summed E-state index contributed by atoms with van der Waals surface area (Å²) in [6.07, 6.45) is 0. The number of nitrogens with zero attached hydrogens (tertiary/aromatic N) is 1. The van der Waals surface area contributed by atoms with Gasteiger partial charge in [0.2, 0.25) is 0 Å². The molecule has 1 aromatic carbocycles. The van der Waals surface area contributed by atoms with Gasteiger partial charge in [-0.2, -0.15) is 0 Å². The Balaban J connectivity index is 2.38. The van der Waals surface area contributed by atoms with Crippen LogP contribution in [0.2, 0.25) is 5.02 Å². The standard InChI is InChI=1S/C12H14ClNO3/c1-8-5-10(9(13)6-11(8)16-2)14-3-4-17-7-12(14)15/h5-6H,3-4,7H2,1-2H3. The zero-order chi connectivity index (χ0) is 12.4. The van der Waals surface area contributed by atoms with Crippen LogP contribution in [-0.2, 0) is 9.53 Å². The highest BCUT2D eigenvalue weighted by Gasteiger charge is 2.23. The fraction of sp³-hybridized carbons (Fsp3) is 0.417. The molecule has 0 aliphatic carbocycles. The van der Waals surface area contributed by atoms with E-state index in [9.17, 15) is 4.79 Å². The van der Waals surface area contributed by atoms with E-state index < -0.39 is 0 Å². The Kier molecular flexibility index (Phi) is 3.54. The Labute approximate surface area is 105 Å². The molecule has 4 nitrogen and oxygen atoms in total. The molecule has 2 rings (SSSR count). The number of hydrogen-bond donors (Lipinski definition) is 0. The van der Waals surface area contributed by atoms with E-state index in [0.29, 0.717) is 18.2 Å². The summed E-state index contributed by atoms with van der Waals surface area (Å²) < 4.78 is 10.3. The Bertz CT molecular complexity index is 448. The molecule has 0 unspecified atom stereocenters. The third-order valence-electron chi connectivity index (χ3n) is 2.74. The van der Waals surface area contributed by atoms with Crippen LogP contribution >= 0.6 is 11.6 Å². The summed E-state index contributed by atoms with van der Waals surface area (Å²) in [4.78, 5) is 13.4. The molecule has 0 aromatic heterocycles. The average Bonchev–Trinajstić information content (AvgIpc) is 2.32. The molecule has 0 saturated carbocycles. The second-order valence-corrected chi connectivity index (χ2v) is 4.28. The molecule has 92 valence electrons. The zero-order valence-electron chi connectivity index (χ0n) is 9.83. The number of carbonyl (C=O) groups is 1. The molecule has 1 heterocycles. The molecule has 0 radical (unpaired) electrons. The van der Waals surface area contributed by atoms with Gasteiger partial charge >= 0.3 is 0 Å². The maximum atomic E-state index is 11.7. The summed E-state index contributed by atoms with van der Waals surface area (Å²) in [6.45, 7) is 3.10. The van der Waals surface area contributed by atoms with Crippen molar-refractivity contribution in [3.63, 3.8) is 0 Å². The van der Waals surface area contributed by atoms with Crippen molar-refractivity contribution in [1.29, 1.82) is 0 Å². The molecule has 17 heavy (non-hydrogen) atoms. The minimum Gasteiger partial charge on any atom is -0.496 e. The first-order valence-corrected chi connectivity index (χ1v) is 5.73. The molecule has 1 aromatic rings. The summed E-state index contributed by atoms with van der Waals surface area (Å²) in [5.41, 5.74) is 1.67. The molecular weight excluding hydrogens is 242 g/mol. The van der Waals surface area contributed by atoms with Gasteiger partial charge in [0, 0.05) is 12.6 Å². The lowest BCUT2D eigenvalue weighted by molar-refractivity contribution is -0.125. The highest BCUT2D eigenvalue weighted by Crippen LogP contribution is 2.33. The minimum atomic E-state index is -0.0669. The minimum absolute atomic E-state index is 0.0669. The fourth-order valence-corrected chi connectivity index (χ4v) is 2.10. The summed E-state index contributed by atoms with van der Waals surface area (Å²) >= 11 is 6.16. The van der Waals surface area contributed by atoms with Crippen molar-refractivity contribution in [3.8, 4) is 5.75 Å². The van der Waals surface area contributed by atoms with E-state index in [1.807, 2.05) is 13.0 Å². The van der Waals surface area contributed by atoms with Crippen molar-refractivity contribution >= 4 is 23.2 Å². The number of halogens is 1. The van der Waals surface area contributed by atoms with Crippen molar-refractivity contribution < 1.29 is 14.3 Å². The lowest BCUT2D eigenvalue weighted by Crippen LogP contribution is -2.41. The second kappa shape index (κ2) is 4.94. The molecule has 1 aliphatic rings. The molecule has 0 bridgehead atoms. The van der Waals surface area contributed by atoms with E-state index in [-0.39, 0.29) is 12.5 Å². The SMILES string of the molecule is COc1cc(Cl)c(N2CCOCC2=O)cc1C. The highest BCUT2D eigenvalue weighted by atomic mass is 35.5. The van der Waals surface area contributed by atoms with Crippen LogP contribution in [0.3, 0.4) is 0 Å². The van der Waals surface area contributed by atoms with Crippen LogP contribution < -0.4 is 9.64 Å². The quantitative estimate of drug-likeness (QED) is 0.812. The molecule has 0 spiro atoms. The second-order valence-electron chi connectivity index (χ2n) is 3.87. The van der Waals surface area contributed by atoms with E-state index in [1.165, 1.54) is 0 Å². The molecule has 1 saturated heterocycles. The number of rotatable bonds is 2. The molecule has 0 N–H and O–H groups in total. The first kappa shape index (κ1) is 12.2. The van der Waals surface area contributed by atoms with Crippen molar-refractivity contribution in [2.45, 2.75) is 6.92 Å².